The van der Waals surface area contributed by atoms with Gasteiger partial charge in [0.15, 0.2) is 0 Å². The molecule has 2 aromatic rings. The van der Waals surface area contributed by atoms with Crippen LogP contribution in [0, 0.1) is 6.92 Å². The number of aromatic nitrogens is 2. The molecule has 0 radical (unpaired) electrons. The van der Waals surface area contributed by atoms with Crippen LogP contribution < -0.4 is 4.74 Å². The molecule has 0 saturated heterocycles. The molecule has 0 aliphatic carbocycles. The summed E-state index contributed by atoms with van der Waals surface area (Å²) in [4.78, 5) is 0. The van der Waals surface area contributed by atoms with Gasteiger partial charge in [-0.2, -0.15) is 0 Å². The van der Waals surface area contributed by atoms with E-state index in [1.165, 1.54) is 5.56 Å². The Hall–Kier alpha value is -1.90. The van der Waals surface area contributed by atoms with E-state index in [-0.39, 0.29) is 0 Å². The summed E-state index contributed by atoms with van der Waals surface area (Å²) in [6.07, 6.45) is 0. The van der Waals surface area contributed by atoms with Crippen molar-refractivity contribution < 1.29 is 4.74 Å². The van der Waals surface area contributed by atoms with E-state index in [0.717, 1.165) is 11.3 Å². The van der Waals surface area contributed by atoms with E-state index >= 15 is 0 Å². The Labute approximate surface area is 88.7 Å². The van der Waals surface area contributed by atoms with E-state index in [2.05, 4.69) is 29.3 Å². The lowest BCUT2D eigenvalue weighted by Crippen LogP contribution is -1.92. The molecular formula is C12H12N2O. The van der Waals surface area contributed by atoms with Gasteiger partial charge in [0.05, 0.1) is 12.8 Å². The van der Waals surface area contributed by atoms with Gasteiger partial charge in [-0.25, -0.2) is 0 Å². The van der Waals surface area contributed by atoms with E-state index in [1.54, 1.807) is 7.11 Å². The minimum atomic E-state index is 0.534. The number of methoxy groups -OCH3 is 1. The molecule has 1 heterocycles. The lowest BCUT2D eigenvalue weighted by molar-refractivity contribution is 0.392. The first-order chi connectivity index (χ1) is 7.29. The molecule has 3 heteroatoms. The largest absolute Gasteiger partial charge is 0.480 e. The van der Waals surface area contributed by atoms with Crippen LogP contribution >= 0.6 is 0 Å². The maximum Gasteiger partial charge on any atom is 0.233 e. The number of aryl methyl sites for hydroxylation is 1. The second-order valence-corrected chi connectivity index (χ2v) is 3.33. The summed E-state index contributed by atoms with van der Waals surface area (Å²) in [5, 5.41) is 8.02. The Morgan fingerprint density at radius 1 is 1.07 bits per heavy atom. The van der Waals surface area contributed by atoms with Crippen molar-refractivity contribution in [3.8, 4) is 17.1 Å². The molecule has 0 amide bonds. The van der Waals surface area contributed by atoms with Crippen molar-refractivity contribution in [2.24, 2.45) is 0 Å². The quantitative estimate of drug-likeness (QED) is 0.747. The smallest absolute Gasteiger partial charge is 0.233 e. The van der Waals surface area contributed by atoms with Gasteiger partial charge in [0, 0.05) is 11.6 Å². The van der Waals surface area contributed by atoms with E-state index in [1.807, 2.05) is 24.3 Å². The average Bonchev–Trinajstić information content (AvgIpc) is 2.29. The van der Waals surface area contributed by atoms with Crippen molar-refractivity contribution in [3.05, 3.63) is 42.0 Å². The molecule has 0 atom stereocenters. The van der Waals surface area contributed by atoms with Crippen molar-refractivity contribution in [3.63, 3.8) is 0 Å². The van der Waals surface area contributed by atoms with Gasteiger partial charge < -0.3 is 4.74 Å². The third-order valence-corrected chi connectivity index (χ3v) is 2.16. The highest BCUT2D eigenvalue weighted by atomic mass is 16.5. The third kappa shape index (κ3) is 2.13. The highest BCUT2D eigenvalue weighted by Gasteiger charge is 2.00. The molecule has 0 N–H and O–H groups in total. The van der Waals surface area contributed by atoms with Crippen molar-refractivity contribution in [1.82, 2.24) is 10.2 Å². The van der Waals surface area contributed by atoms with Gasteiger partial charge in [-0.3, -0.25) is 0 Å². The number of nitrogens with zero attached hydrogens (tertiary/aromatic N) is 2. The topological polar surface area (TPSA) is 35.0 Å². The Morgan fingerprint density at radius 2 is 1.93 bits per heavy atom. The van der Waals surface area contributed by atoms with Gasteiger partial charge in [0.25, 0.3) is 0 Å². The Bertz CT molecular complexity index is 451. The standard InChI is InChI=1S/C12H12N2O/c1-9-4-3-5-10(8-9)11-6-7-12(15-2)14-13-11/h3-8H,1-2H3. The summed E-state index contributed by atoms with van der Waals surface area (Å²) in [5.41, 5.74) is 3.15. The van der Waals surface area contributed by atoms with Crippen LogP contribution in [-0.4, -0.2) is 17.3 Å². The normalized spacial score (nSPS) is 10.0. The molecule has 0 spiro atoms. The molecule has 0 aliphatic rings. The fourth-order valence-electron chi connectivity index (χ4n) is 1.39. The summed E-state index contributed by atoms with van der Waals surface area (Å²) in [7, 11) is 1.58. The van der Waals surface area contributed by atoms with Gasteiger partial charge in [-0.1, -0.05) is 23.8 Å². The predicted molar refractivity (Wildman–Crippen MR) is 58.8 cm³/mol. The van der Waals surface area contributed by atoms with Crippen LogP contribution in [0.25, 0.3) is 11.3 Å². The SMILES string of the molecule is COc1ccc(-c2cccc(C)c2)nn1. The van der Waals surface area contributed by atoms with Gasteiger partial charge in [-0.05, 0) is 19.1 Å². The maximum absolute atomic E-state index is 4.96. The van der Waals surface area contributed by atoms with E-state index in [9.17, 15) is 0 Å². The molecule has 1 aromatic heterocycles. The summed E-state index contributed by atoms with van der Waals surface area (Å²) < 4.78 is 4.96. The average molecular weight is 200 g/mol. The summed E-state index contributed by atoms with van der Waals surface area (Å²) in [5.74, 6) is 0.534. The van der Waals surface area contributed by atoms with Crippen LogP contribution in [0.1, 0.15) is 5.56 Å². The second kappa shape index (κ2) is 4.09. The highest BCUT2D eigenvalue weighted by molar-refractivity contribution is 5.59. The summed E-state index contributed by atoms with van der Waals surface area (Å²) in [6.45, 7) is 2.06. The molecule has 1 aromatic carbocycles. The van der Waals surface area contributed by atoms with Gasteiger partial charge >= 0.3 is 0 Å². The minimum Gasteiger partial charge on any atom is -0.480 e. The number of ether oxygens (including phenoxy) is 1. The number of benzene rings is 1. The first-order valence-electron chi connectivity index (χ1n) is 4.74. The molecule has 15 heavy (non-hydrogen) atoms. The first kappa shape index (κ1) is 9.65. The van der Waals surface area contributed by atoms with Crippen molar-refractivity contribution in [2.45, 2.75) is 6.92 Å². The van der Waals surface area contributed by atoms with E-state index in [4.69, 9.17) is 4.74 Å². The zero-order valence-corrected chi connectivity index (χ0v) is 8.77. The molecule has 0 aliphatic heterocycles. The number of hydrogen-bond donors (Lipinski definition) is 0. The van der Waals surface area contributed by atoms with Crippen molar-refractivity contribution in [2.75, 3.05) is 7.11 Å². The fourth-order valence-corrected chi connectivity index (χ4v) is 1.39. The van der Waals surface area contributed by atoms with Crippen LogP contribution in [0.4, 0.5) is 0 Å². The van der Waals surface area contributed by atoms with E-state index in [0.29, 0.717) is 5.88 Å². The van der Waals surface area contributed by atoms with Gasteiger partial charge in [-0.15, -0.1) is 10.2 Å². The summed E-state index contributed by atoms with van der Waals surface area (Å²) in [6, 6.07) is 11.9. The van der Waals surface area contributed by atoms with Gasteiger partial charge in [0.2, 0.25) is 5.88 Å². The predicted octanol–water partition coefficient (Wildman–Crippen LogP) is 2.46. The lowest BCUT2D eigenvalue weighted by Gasteiger charge is -2.02. The zero-order chi connectivity index (χ0) is 10.7. The molecule has 3 nitrogen and oxygen atoms in total. The van der Waals surface area contributed by atoms with Crippen LogP contribution in [0.3, 0.4) is 0 Å². The highest BCUT2D eigenvalue weighted by Crippen LogP contribution is 2.18. The monoisotopic (exact) mass is 200 g/mol. The Kier molecular flexibility index (Phi) is 2.63. The summed E-state index contributed by atoms with van der Waals surface area (Å²) >= 11 is 0. The van der Waals surface area contributed by atoms with Crippen molar-refractivity contribution in [1.29, 1.82) is 0 Å². The van der Waals surface area contributed by atoms with Crippen LogP contribution in [0.2, 0.25) is 0 Å². The molecule has 76 valence electrons. The second-order valence-electron chi connectivity index (χ2n) is 3.33. The molecule has 0 fully saturated rings. The maximum atomic E-state index is 4.96. The third-order valence-electron chi connectivity index (χ3n) is 2.16. The minimum absolute atomic E-state index is 0.534. The number of rotatable bonds is 2. The van der Waals surface area contributed by atoms with E-state index < -0.39 is 0 Å². The van der Waals surface area contributed by atoms with Crippen LogP contribution in [0.15, 0.2) is 36.4 Å². The number of hydrogen-bond acceptors (Lipinski definition) is 3. The Morgan fingerprint density at radius 3 is 2.53 bits per heavy atom. The van der Waals surface area contributed by atoms with Gasteiger partial charge in [0.1, 0.15) is 0 Å². The van der Waals surface area contributed by atoms with Crippen LogP contribution in [0.5, 0.6) is 5.88 Å². The zero-order valence-electron chi connectivity index (χ0n) is 8.77. The molecule has 0 bridgehead atoms. The lowest BCUT2D eigenvalue weighted by atomic mass is 10.1. The van der Waals surface area contributed by atoms with Crippen LogP contribution in [-0.2, 0) is 0 Å². The molecule has 2 rings (SSSR count). The first-order valence-corrected chi connectivity index (χ1v) is 4.74. The Balaban J connectivity index is 2.37. The fraction of sp³-hybridized carbons (Fsp3) is 0.167. The van der Waals surface area contributed by atoms with Crippen molar-refractivity contribution >= 4 is 0 Å². The molecule has 0 saturated carbocycles. The molecule has 0 unspecified atom stereocenters. The molecular weight excluding hydrogens is 188 g/mol.